The van der Waals surface area contributed by atoms with Crippen molar-refractivity contribution in [1.82, 2.24) is 0 Å². The summed E-state index contributed by atoms with van der Waals surface area (Å²) in [6.07, 6.45) is 1.00. The Morgan fingerprint density at radius 1 is 1.33 bits per heavy atom. The minimum Gasteiger partial charge on any atom is -0.346 e. The summed E-state index contributed by atoms with van der Waals surface area (Å²) in [6, 6.07) is 0. The number of rotatable bonds is 0. The fourth-order valence-corrected chi connectivity index (χ4v) is 0. The van der Waals surface area contributed by atoms with Gasteiger partial charge in [-0.05, 0) is 0 Å². The summed E-state index contributed by atoms with van der Waals surface area (Å²) >= 11 is 0. The molecule has 0 aromatic heterocycles. The number of hydrogen-bond acceptors (Lipinski definition) is 0. The minimum absolute atomic E-state index is 0. The van der Waals surface area contributed by atoms with Crippen molar-refractivity contribution in [3.05, 3.63) is 13.8 Å². The average molecular weight is 256 g/mol. The number of hydrogen-bond donors (Lipinski definition) is 0. The van der Waals surface area contributed by atoms with Crippen LogP contribution in [0.4, 0.5) is 0 Å². The van der Waals surface area contributed by atoms with Crippen LogP contribution in [0.25, 0.3) is 0 Å². The predicted octanol–water partition coefficient (Wildman–Crippen LogP) is 2.07. The van der Waals surface area contributed by atoms with Crippen LogP contribution in [0, 0.1) is 13.8 Å². The van der Waals surface area contributed by atoms with Gasteiger partial charge in [0.1, 0.15) is 0 Å². The van der Waals surface area contributed by atoms with E-state index in [2.05, 4.69) is 13.8 Å². The second-order valence-corrected chi connectivity index (χ2v) is 0.500. The van der Waals surface area contributed by atoms with E-state index in [1.165, 1.54) is 0 Å². The van der Waals surface area contributed by atoms with Crippen molar-refractivity contribution in [2.45, 2.75) is 20.3 Å². The first-order chi connectivity index (χ1) is 2.41. The maximum absolute atomic E-state index is 3.49. The van der Waals surface area contributed by atoms with Crippen molar-refractivity contribution < 1.29 is 21.1 Å². The fraction of sp³-hybridized carbons (Fsp3) is 0.600. The van der Waals surface area contributed by atoms with Crippen LogP contribution in [-0.4, -0.2) is 0 Å². The van der Waals surface area contributed by atoms with Gasteiger partial charge < -0.3 is 13.8 Å². The van der Waals surface area contributed by atoms with E-state index in [4.69, 9.17) is 0 Å². The van der Waals surface area contributed by atoms with Gasteiger partial charge in [0.2, 0.25) is 0 Å². The van der Waals surface area contributed by atoms with Gasteiger partial charge in [-0.3, -0.25) is 0 Å². The van der Waals surface area contributed by atoms with Crippen LogP contribution in [0.1, 0.15) is 20.3 Å². The fourth-order valence-electron chi connectivity index (χ4n) is 0. The molecular weight excluding hydrogens is 244 g/mol. The quantitative estimate of drug-likeness (QED) is 0.582. The topological polar surface area (TPSA) is 0 Å². The van der Waals surface area contributed by atoms with E-state index in [1.807, 2.05) is 6.92 Å². The molecule has 0 aliphatic carbocycles. The molecule has 0 nitrogen and oxygen atoms in total. The summed E-state index contributed by atoms with van der Waals surface area (Å²) in [5.41, 5.74) is 0. The summed E-state index contributed by atoms with van der Waals surface area (Å²) in [7, 11) is 0. The van der Waals surface area contributed by atoms with Gasteiger partial charge in [0, 0.05) is 0 Å². The Morgan fingerprint density at radius 2 is 1.33 bits per heavy atom. The molecule has 0 spiro atoms. The van der Waals surface area contributed by atoms with Gasteiger partial charge in [-0.15, -0.1) is 0 Å². The third-order valence-electron chi connectivity index (χ3n) is 0. The van der Waals surface area contributed by atoms with E-state index in [9.17, 15) is 0 Å². The third kappa shape index (κ3) is 135. The van der Waals surface area contributed by atoms with E-state index in [0.717, 1.165) is 6.42 Å². The van der Waals surface area contributed by atoms with Gasteiger partial charge in [-0.1, -0.05) is 6.92 Å². The zero-order chi connectivity index (χ0) is 4.71. The predicted molar refractivity (Wildman–Crippen MR) is 26.7 cm³/mol. The van der Waals surface area contributed by atoms with Gasteiger partial charge in [0.15, 0.2) is 0 Å². The molecule has 6 heavy (non-hydrogen) atoms. The molecule has 0 unspecified atom stereocenters. The second-order valence-electron chi connectivity index (χ2n) is 0.500. The Balaban J connectivity index is -0.0000000275. The van der Waals surface area contributed by atoms with E-state index < -0.39 is 0 Å². The van der Waals surface area contributed by atoms with E-state index in [1.54, 1.807) is 6.92 Å². The average Bonchev–Trinajstić information content (AvgIpc) is 1.46. The van der Waals surface area contributed by atoms with Gasteiger partial charge in [0.25, 0.3) is 0 Å². The van der Waals surface area contributed by atoms with Crippen LogP contribution >= 0.6 is 0 Å². The normalized spacial score (nSPS) is 4.00. The van der Waals surface area contributed by atoms with Crippen LogP contribution in [-0.2, 0) is 21.1 Å². The van der Waals surface area contributed by atoms with Crippen molar-refractivity contribution in [3.8, 4) is 0 Å². The molecule has 0 bridgehead atoms. The molecule has 0 heterocycles. The standard InChI is InChI=1S/C3H7.C2H5.W/c1-3-2;1-2;/h1,3H2,2H3;1H2,2H3;/q2*-1;+2. The van der Waals surface area contributed by atoms with E-state index >= 15 is 0 Å². The van der Waals surface area contributed by atoms with Crippen LogP contribution < -0.4 is 0 Å². The molecule has 1 heteroatoms. The van der Waals surface area contributed by atoms with Crippen molar-refractivity contribution in [2.75, 3.05) is 0 Å². The largest absolute Gasteiger partial charge is 2.00 e. The Kier molecular flexibility index (Phi) is 116. The molecule has 0 atom stereocenters. The Morgan fingerprint density at radius 3 is 1.33 bits per heavy atom. The summed E-state index contributed by atoms with van der Waals surface area (Å²) in [6.45, 7) is 10.5. The first-order valence-corrected chi connectivity index (χ1v) is 1.91. The van der Waals surface area contributed by atoms with Crippen LogP contribution in [0.15, 0.2) is 0 Å². The molecule has 0 fully saturated rings. The second kappa shape index (κ2) is 43.9. The molecule has 0 radical (unpaired) electrons. The maximum atomic E-state index is 3.49. The molecule has 0 rings (SSSR count). The molecular formula is C5H12W. The van der Waals surface area contributed by atoms with Gasteiger partial charge in [-0.2, -0.15) is 13.3 Å². The summed E-state index contributed by atoms with van der Waals surface area (Å²) in [5, 5.41) is 0. The Hall–Kier alpha value is 0.688. The minimum atomic E-state index is 0. The molecule has 0 aromatic carbocycles. The van der Waals surface area contributed by atoms with Crippen molar-refractivity contribution in [1.29, 1.82) is 0 Å². The van der Waals surface area contributed by atoms with E-state index in [0.29, 0.717) is 0 Å². The Bertz CT molecular complexity index is 3.90. The summed E-state index contributed by atoms with van der Waals surface area (Å²) in [4.78, 5) is 0. The molecule has 0 amide bonds. The maximum Gasteiger partial charge on any atom is 2.00 e. The zero-order valence-electron chi connectivity index (χ0n) is 4.53. The van der Waals surface area contributed by atoms with Crippen LogP contribution in [0.5, 0.6) is 0 Å². The van der Waals surface area contributed by atoms with E-state index in [-0.39, 0.29) is 21.1 Å². The van der Waals surface area contributed by atoms with Crippen molar-refractivity contribution in [3.63, 3.8) is 0 Å². The monoisotopic (exact) mass is 256 g/mol. The smallest absolute Gasteiger partial charge is 0.346 e. The summed E-state index contributed by atoms with van der Waals surface area (Å²) in [5.74, 6) is 0. The molecule has 0 saturated carbocycles. The molecule has 0 aliphatic heterocycles. The van der Waals surface area contributed by atoms with Gasteiger partial charge >= 0.3 is 21.1 Å². The van der Waals surface area contributed by atoms with Crippen molar-refractivity contribution in [2.24, 2.45) is 0 Å². The third-order valence-corrected chi connectivity index (χ3v) is 0. The van der Waals surface area contributed by atoms with Gasteiger partial charge in [0.05, 0.1) is 0 Å². The van der Waals surface area contributed by atoms with Crippen molar-refractivity contribution >= 4 is 0 Å². The molecule has 38 valence electrons. The molecule has 0 aliphatic rings. The zero-order valence-corrected chi connectivity index (χ0v) is 7.46. The molecule has 0 aromatic rings. The van der Waals surface area contributed by atoms with Crippen LogP contribution in [0.2, 0.25) is 0 Å². The SMILES string of the molecule is [CH2-]C.[CH2-]CC.[W+2]. The van der Waals surface area contributed by atoms with Crippen LogP contribution in [0.3, 0.4) is 0 Å². The van der Waals surface area contributed by atoms with Gasteiger partial charge in [-0.25, -0.2) is 0 Å². The molecule has 0 saturated heterocycles. The Labute approximate surface area is 55.6 Å². The first kappa shape index (κ1) is 15.9. The summed E-state index contributed by atoms with van der Waals surface area (Å²) < 4.78 is 0. The first-order valence-electron chi connectivity index (χ1n) is 1.91. The molecule has 0 N–H and O–H groups in total.